The van der Waals surface area contributed by atoms with Gasteiger partial charge in [-0.15, -0.1) is 0 Å². The molecule has 1 amide bonds. The van der Waals surface area contributed by atoms with Crippen LogP contribution in [0, 0.1) is 11.7 Å². The van der Waals surface area contributed by atoms with E-state index in [2.05, 4.69) is 20.4 Å². The van der Waals surface area contributed by atoms with Crippen LogP contribution in [0.5, 0.6) is 11.5 Å². The summed E-state index contributed by atoms with van der Waals surface area (Å²) in [6.45, 7) is 5.68. The number of hydrogen-bond acceptors (Lipinski definition) is 6. The molecule has 4 aliphatic rings. The maximum Gasteiger partial charge on any atom is 0.256 e. The van der Waals surface area contributed by atoms with Crippen LogP contribution < -0.4 is 25.7 Å². The third kappa shape index (κ3) is 3.87. The number of benzene rings is 2. The van der Waals surface area contributed by atoms with Crippen molar-refractivity contribution in [3.05, 3.63) is 58.1 Å². The summed E-state index contributed by atoms with van der Waals surface area (Å²) in [6.07, 6.45) is 6.18. The van der Waals surface area contributed by atoms with Crippen molar-refractivity contribution in [3.8, 4) is 17.2 Å². The van der Waals surface area contributed by atoms with Gasteiger partial charge in [0.25, 0.3) is 5.91 Å². The third-order valence-corrected chi connectivity index (χ3v) is 8.58. The Labute approximate surface area is 220 Å². The van der Waals surface area contributed by atoms with Gasteiger partial charge in [0.15, 0.2) is 17.3 Å². The van der Waals surface area contributed by atoms with Gasteiger partial charge in [-0.25, -0.2) is 4.39 Å². The van der Waals surface area contributed by atoms with E-state index in [0.29, 0.717) is 53.4 Å². The lowest BCUT2D eigenvalue weighted by molar-refractivity contribution is 0.0948. The maximum absolute atomic E-state index is 15.9. The number of amides is 1. The molecule has 2 N–H and O–H groups in total. The largest absolute Gasteiger partial charge is 0.451 e. The number of hydrogen-bond donors (Lipinski definition) is 2. The number of anilines is 1. The van der Waals surface area contributed by atoms with Crippen LogP contribution in [-0.2, 0) is 0 Å². The topological polar surface area (TPSA) is 78.8 Å². The lowest BCUT2D eigenvalue weighted by atomic mass is 9.94. The average molecular weight is 518 g/mol. The van der Waals surface area contributed by atoms with Crippen molar-refractivity contribution in [3.63, 3.8) is 0 Å². The molecule has 198 valence electrons. The van der Waals surface area contributed by atoms with Crippen molar-refractivity contribution in [1.29, 1.82) is 0 Å². The normalized spacial score (nSPS) is 22.3. The molecule has 7 rings (SSSR count). The molecule has 0 bridgehead atoms. The fraction of sp³-hybridized carbons (Fsp3) is 0.448. The van der Waals surface area contributed by atoms with Crippen LogP contribution >= 0.6 is 0 Å². The predicted molar refractivity (Wildman–Crippen MR) is 144 cm³/mol. The Morgan fingerprint density at radius 3 is 2.84 bits per heavy atom. The number of nitrogens with zero attached hydrogens (tertiary/aromatic N) is 3. The summed E-state index contributed by atoms with van der Waals surface area (Å²) >= 11 is 0. The van der Waals surface area contributed by atoms with Crippen LogP contribution in [-0.4, -0.2) is 67.2 Å². The monoisotopic (exact) mass is 517 g/mol. The molecule has 0 radical (unpaired) electrons. The molecule has 5 heterocycles. The van der Waals surface area contributed by atoms with Crippen molar-refractivity contribution < 1.29 is 13.9 Å². The van der Waals surface area contributed by atoms with E-state index in [9.17, 15) is 9.59 Å². The highest BCUT2D eigenvalue weighted by Gasteiger charge is 2.38. The highest BCUT2D eigenvalue weighted by atomic mass is 19.1. The van der Waals surface area contributed by atoms with Crippen molar-refractivity contribution in [2.75, 3.05) is 50.7 Å². The Kier molecular flexibility index (Phi) is 5.85. The number of rotatable bonds is 5. The van der Waals surface area contributed by atoms with E-state index in [1.54, 1.807) is 6.20 Å². The number of carbonyl (C=O) groups excluding carboxylic acids is 1. The first-order chi connectivity index (χ1) is 18.6. The van der Waals surface area contributed by atoms with Gasteiger partial charge in [0.1, 0.15) is 16.8 Å². The van der Waals surface area contributed by atoms with E-state index in [1.165, 1.54) is 18.9 Å². The second-order valence-corrected chi connectivity index (χ2v) is 10.9. The van der Waals surface area contributed by atoms with E-state index in [-0.39, 0.29) is 10.9 Å². The van der Waals surface area contributed by atoms with Crippen molar-refractivity contribution in [2.24, 2.45) is 5.92 Å². The third-order valence-electron chi connectivity index (χ3n) is 8.58. The smallest absolute Gasteiger partial charge is 0.256 e. The molecule has 4 aliphatic heterocycles. The number of pyridine rings is 1. The zero-order valence-electron chi connectivity index (χ0n) is 21.3. The van der Waals surface area contributed by atoms with Crippen LogP contribution in [0.2, 0.25) is 0 Å². The predicted octanol–water partition coefficient (Wildman–Crippen LogP) is 3.25. The number of aromatic nitrogens is 1. The second-order valence-electron chi connectivity index (χ2n) is 10.9. The standard InChI is InChI=1S/C29H32FN5O3/c30-21-14-19-25-28(26(21)34-15-18-6-5-9-31-22(18)17-34)38-24-8-2-1-7-23(24)35(25)16-20(27(19)36)29(37)32-10-13-33-11-3-4-12-33/h1-2,7-8,14,16,18,22,31H,3-6,9-13,15,17H2,(H,32,37). The zero-order valence-corrected chi connectivity index (χ0v) is 21.3. The van der Waals surface area contributed by atoms with Crippen LogP contribution in [0.3, 0.4) is 0 Å². The van der Waals surface area contributed by atoms with Gasteiger partial charge in [-0.3, -0.25) is 9.59 Å². The number of piperidine rings is 1. The number of carbonyl (C=O) groups is 1. The number of halogens is 1. The summed E-state index contributed by atoms with van der Waals surface area (Å²) < 4.78 is 24.1. The molecule has 3 aromatic rings. The molecule has 2 atom stereocenters. The minimum atomic E-state index is -0.499. The second kappa shape index (κ2) is 9.39. The Balaban J connectivity index is 1.32. The van der Waals surface area contributed by atoms with Gasteiger partial charge in [-0.2, -0.15) is 0 Å². The Morgan fingerprint density at radius 2 is 2.00 bits per heavy atom. The number of fused-ring (bicyclic) bond motifs is 3. The zero-order chi connectivity index (χ0) is 25.8. The van der Waals surface area contributed by atoms with Crippen LogP contribution in [0.4, 0.5) is 10.1 Å². The van der Waals surface area contributed by atoms with E-state index in [4.69, 9.17) is 4.74 Å². The lowest BCUT2D eigenvalue weighted by Gasteiger charge is -2.29. The van der Waals surface area contributed by atoms with Gasteiger partial charge in [-0.05, 0) is 69.4 Å². The molecular weight excluding hydrogens is 485 g/mol. The maximum atomic E-state index is 15.9. The number of ether oxygens (including phenoxy) is 1. The summed E-state index contributed by atoms with van der Waals surface area (Å²) in [7, 11) is 0. The Hall–Kier alpha value is -3.43. The molecule has 8 nitrogen and oxygen atoms in total. The van der Waals surface area contributed by atoms with Crippen LogP contribution in [0.1, 0.15) is 36.0 Å². The highest BCUT2D eigenvalue weighted by Crippen LogP contribution is 2.47. The lowest BCUT2D eigenvalue weighted by Crippen LogP contribution is -2.40. The van der Waals surface area contributed by atoms with Crippen LogP contribution in [0.15, 0.2) is 41.3 Å². The van der Waals surface area contributed by atoms with Crippen molar-refractivity contribution in [1.82, 2.24) is 20.1 Å². The summed E-state index contributed by atoms with van der Waals surface area (Å²) in [6, 6.07) is 9.07. The highest BCUT2D eigenvalue weighted by molar-refractivity contribution is 6.01. The number of para-hydroxylation sites is 2. The molecule has 3 fully saturated rings. The fourth-order valence-electron chi connectivity index (χ4n) is 6.67. The van der Waals surface area contributed by atoms with Crippen molar-refractivity contribution in [2.45, 2.75) is 31.7 Å². The van der Waals surface area contributed by atoms with Gasteiger partial charge in [0.2, 0.25) is 5.43 Å². The van der Waals surface area contributed by atoms with E-state index in [0.717, 1.165) is 45.6 Å². The first-order valence-corrected chi connectivity index (χ1v) is 13.8. The molecule has 38 heavy (non-hydrogen) atoms. The van der Waals surface area contributed by atoms with Crippen LogP contribution in [0.25, 0.3) is 16.6 Å². The number of likely N-dealkylation sites (tertiary alicyclic amines) is 1. The van der Waals surface area contributed by atoms with Gasteiger partial charge >= 0.3 is 0 Å². The summed E-state index contributed by atoms with van der Waals surface area (Å²) in [4.78, 5) is 31.2. The van der Waals surface area contributed by atoms with E-state index in [1.807, 2.05) is 28.8 Å². The SMILES string of the molecule is O=C(NCCN1CCCC1)c1cn2c3c(c(N4CC5CCCNC5C4)c(F)cc3c1=O)Oc1ccccc1-2. The fourth-order valence-corrected chi connectivity index (χ4v) is 6.67. The molecule has 0 aliphatic carbocycles. The van der Waals surface area contributed by atoms with E-state index >= 15 is 4.39 Å². The molecule has 2 aromatic carbocycles. The molecule has 0 spiro atoms. The van der Waals surface area contributed by atoms with Gasteiger partial charge < -0.3 is 29.7 Å². The molecule has 3 saturated heterocycles. The molecule has 0 saturated carbocycles. The minimum absolute atomic E-state index is 0.00474. The van der Waals surface area contributed by atoms with Crippen molar-refractivity contribution >= 4 is 22.5 Å². The molecular formula is C29H32FN5O3. The molecule has 9 heteroatoms. The van der Waals surface area contributed by atoms with Gasteiger partial charge in [-0.1, -0.05) is 12.1 Å². The first kappa shape index (κ1) is 23.7. The summed E-state index contributed by atoms with van der Waals surface area (Å²) in [5.41, 5.74) is 1.12. The number of nitrogens with one attached hydrogen (secondary N) is 2. The Morgan fingerprint density at radius 1 is 1.16 bits per heavy atom. The molecule has 2 unspecified atom stereocenters. The first-order valence-electron chi connectivity index (χ1n) is 13.8. The van der Waals surface area contributed by atoms with E-state index < -0.39 is 17.2 Å². The van der Waals surface area contributed by atoms with Gasteiger partial charge in [0, 0.05) is 38.4 Å². The Bertz CT molecular complexity index is 1470. The summed E-state index contributed by atoms with van der Waals surface area (Å²) in [5.74, 6) is 0.420. The minimum Gasteiger partial charge on any atom is -0.451 e. The van der Waals surface area contributed by atoms with Gasteiger partial charge in [0.05, 0.1) is 11.1 Å². The average Bonchev–Trinajstić information content (AvgIpc) is 3.60. The summed E-state index contributed by atoms with van der Waals surface area (Å²) in [5, 5.41) is 6.63. The molecule has 1 aromatic heterocycles. The quantitative estimate of drug-likeness (QED) is 0.423.